The van der Waals surface area contributed by atoms with Crippen LogP contribution in [0.25, 0.3) is 0 Å². The Morgan fingerprint density at radius 2 is 2.16 bits per heavy atom. The summed E-state index contributed by atoms with van der Waals surface area (Å²) in [6.45, 7) is 6.07. The highest BCUT2D eigenvalue weighted by Gasteiger charge is 2.11. The van der Waals surface area contributed by atoms with E-state index in [1.165, 1.54) is 12.3 Å². The fraction of sp³-hybridized carbons (Fsp3) is 0.583. The molecule has 7 heteroatoms. The number of rotatable bonds is 7. The zero-order chi connectivity index (χ0) is 14.3. The summed E-state index contributed by atoms with van der Waals surface area (Å²) in [7, 11) is 0. The van der Waals surface area contributed by atoms with Crippen molar-refractivity contribution in [2.75, 3.05) is 31.5 Å². The Hall–Kier alpha value is -1.89. The van der Waals surface area contributed by atoms with E-state index in [4.69, 9.17) is 5.73 Å². The Balaban J connectivity index is 2.74. The van der Waals surface area contributed by atoms with Crippen molar-refractivity contribution in [2.45, 2.75) is 20.4 Å². The van der Waals surface area contributed by atoms with Crippen molar-refractivity contribution in [2.24, 2.45) is 5.73 Å². The van der Waals surface area contributed by atoms with Crippen LogP contribution in [0.2, 0.25) is 0 Å². The largest absolute Gasteiger partial charge is 0.382 e. The van der Waals surface area contributed by atoms with Gasteiger partial charge in [0.15, 0.2) is 0 Å². The molecular formula is C12H21N5O2. The molecule has 0 aliphatic rings. The van der Waals surface area contributed by atoms with E-state index in [1.54, 1.807) is 4.90 Å². The first-order chi connectivity index (χ1) is 9.12. The van der Waals surface area contributed by atoms with Gasteiger partial charge in [0.05, 0.1) is 11.9 Å². The summed E-state index contributed by atoms with van der Waals surface area (Å²) in [4.78, 5) is 25.3. The average molecular weight is 267 g/mol. The van der Waals surface area contributed by atoms with E-state index >= 15 is 0 Å². The SMILES string of the molecule is CCN(CC)C(=O)Cn1ncc(NCCN)cc1=O. The Kier molecular flexibility index (Phi) is 6.01. The molecule has 1 amide bonds. The van der Waals surface area contributed by atoms with Gasteiger partial charge >= 0.3 is 0 Å². The van der Waals surface area contributed by atoms with Crippen LogP contribution in [0, 0.1) is 0 Å². The van der Waals surface area contributed by atoms with Gasteiger partial charge in [-0.25, -0.2) is 4.68 Å². The van der Waals surface area contributed by atoms with Crippen LogP contribution < -0.4 is 16.6 Å². The van der Waals surface area contributed by atoms with Crippen LogP contribution in [-0.2, 0) is 11.3 Å². The van der Waals surface area contributed by atoms with Crippen molar-refractivity contribution >= 4 is 11.6 Å². The molecule has 0 aliphatic heterocycles. The van der Waals surface area contributed by atoms with Gasteiger partial charge in [-0.1, -0.05) is 0 Å². The quantitative estimate of drug-likeness (QED) is 0.693. The number of anilines is 1. The number of nitrogens with two attached hydrogens (primary N) is 1. The highest BCUT2D eigenvalue weighted by Crippen LogP contribution is 1.99. The Labute approximate surface area is 112 Å². The van der Waals surface area contributed by atoms with Gasteiger partial charge in [-0.15, -0.1) is 0 Å². The lowest BCUT2D eigenvalue weighted by molar-refractivity contribution is -0.131. The third-order valence-electron chi connectivity index (χ3n) is 2.74. The average Bonchev–Trinajstić information content (AvgIpc) is 2.40. The van der Waals surface area contributed by atoms with Crippen LogP contribution in [0.15, 0.2) is 17.1 Å². The van der Waals surface area contributed by atoms with E-state index in [0.717, 1.165) is 4.68 Å². The fourth-order valence-electron chi connectivity index (χ4n) is 1.67. The zero-order valence-electron chi connectivity index (χ0n) is 11.4. The molecule has 7 nitrogen and oxygen atoms in total. The van der Waals surface area contributed by atoms with Crippen molar-refractivity contribution in [3.05, 3.63) is 22.6 Å². The lowest BCUT2D eigenvalue weighted by atomic mass is 10.4. The van der Waals surface area contributed by atoms with Gasteiger partial charge in [0.25, 0.3) is 5.56 Å². The van der Waals surface area contributed by atoms with Crippen molar-refractivity contribution < 1.29 is 4.79 Å². The van der Waals surface area contributed by atoms with Gasteiger partial charge in [-0.05, 0) is 13.8 Å². The third kappa shape index (κ3) is 4.36. The molecule has 0 bridgehead atoms. The number of nitrogens with one attached hydrogen (secondary N) is 1. The zero-order valence-corrected chi connectivity index (χ0v) is 11.4. The number of aromatic nitrogens is 2. The maximum atomic E-state index is 11.9. The molecule has 0 aromatic carbocycles. The topological polar surface area (TPSA) is 93.2 Å². The Morgan fingerprint density at radius 1 is 1.47 bits per heavy atom. The first kappa shape index (κ1) is 15.2. The van der Waals surface area contributed by atoms with Crippen molar-refractivity contribution in [3.63, 3.8) is 0 Å². The normalized spacial score (nSPS) is 10.3. The van der Waals surface area contributed by atoms with Gasteiger partial charge in [0, 0.05) is 32.2 Å². The summed E-state index contributed by atoms with van der Waals surface area (Å²) in [5, 5.41) is 6.94. The minimum atomic E-state index is -0.303. The fourth-order valence-corrected chi connectivity index (χ4v) is 1.67. The molecule has 0 spiro atoms. The molecule has 0 unspecified atom stereocenters. The van der Waals surface area contributed by atoms with E-state index in [1.807, 2.05) is 13.8 Å². The summed E-state index contributed by atoms with van der Waals surface area (Å²) in [5.41, 5.74) is 5.67. The first-order valence-electron chi connectivity index (χ1n) is 6.41. The summed E-state index contributed by atoms with van der Waals surface area (Å²) in [5.74, 6) is -0.109. The Bertz CT molecular complexity index is 467. The molecular weight excluding hydrogens is 246 g/mol. The minimum Gasteiger partial charge on any atom is -0.382 e. The van der Waals surface area contributed by atoms with Gasteiger partial charge < -0.3 is 16.0 Å². The second-order valence-electron chi connectivity index (χ2n) is 4.02. The van der Waals surface area contributed by atoms with E-state index in [2.05, 4.69) is 10.4 Å². The minimum absolute atomic E-state index is 0.0301. The van der Waals surface area contributed by atoms with Crippen LogP contribution in [0.1, 0.15) is 13.8 Å². The van der Waals surface area contributed by atoms with Crippen LogP contribution >= 0.6 is 0 Å². The van der Waals surface area contributed by atoms with Crippen LogP contribution in [0.5, 0.6) is 0 Å². The molecule has 0 fully saturated rings. The molecule has 1 heterocycles. The van der Waals surface area contributed by atoms with Gasteiger partial charge in [-0.3, -0.25) is 9.59 Å². The number of carbonyl (C=O) groups is 1. The Morgan fingerprint density at radius 3 is 2.68 bits per heavy atom. The van der Waals surface area contributed by atoms with Crippen molar-refractivity contribution in [3.8, 4) is 0 Å². The second-order valence-corrected chi connectivity index (χ2v) is 4.02. The van der Waals surface area contributed by atoms with Gasteiger partial charge in [-0.2, -0.15) is 5.10 Å². The number of amides is 1. The van der Waals surface area contributed by atoms with Crippen molar-refractivity contribution in [1.82, 2.24) is 14.7 Å². The molecule has 1 rings (SSSR count). The molecule has 3 N–H and O–H groups in total. The maximum absolute atomic E-state index is 11.9. The van der Waals surface area contributed by atoms with E-state index in [-0.39, 0.29) is 18.0 Å². The number of carbonyl (C=O) groups excluding carboxylic acids is 1. The molecule has 0 radical (unpaired) electrons. The van der Waals surface area contributed by atoms with E-state index < -0.39 is 0 Å². The number of hydrogen-bond donors (Lipinski definition) is 2. The molecule has 106 valence electrons. The second kappa shape index (κ2) is 7.52. The molecule has 1 aromatic heterocycles. The predicted octanol–water partition coefficient (Wildman–Crippen LogP) is -0.518. The molecule has 1 aromatic rings. The summed E-state index contributed by atoms with van der Waals surface area (Å²) in [6.07, 6.45) is 1.52. The molecule has 0 aliphatic carbocycles. The van der Waals surface area contributed by atoms with Gasteiger partial charge in [0.2, 0.25) is 5.91 Å². The van der Waals surface area contributed by atoms with Crippen LogP contribution in [0.4, 0.5) is 5.69 Å². The van der Waals surface area contributed by atoms with E-state index in [0.29, 0.717) is 31.9 Å². The third-order valence-corrected chi connectivity index (χ3v) is 2.74. The first-order valence-corrected chi connectivity index (χ1v) is 6.41. The highest BCUT2D eigenvalue weighted by molar-refractivity contribution is 5.75. The number of hydrogen-bond acceptors (Lipinski definition) is 5. The van der Waals surface area contributed by atoms with Gasteiger partial charge in [0.1, 0.15) is 6.54 Å². The summed E-state index contributed by atoms with van der Waals surface area (Å²) in [6, 6.07) is 1.41. The van der Waals surface area contributed by atoms with Crippen LogP contribution in [-0.4, -0.2) is 46.8 Å². The summed E-state index contributed by atoms with van der Waals surface area (Å²) < 4.78 is 1.16. The molecule has 0 saturated heterocycles. The van der Waals surface area contributed by atoms with Crippen LogP contribution in [0.3, 0.4) is 0 Å². The van der Waals surface area contributed by atoms with E-state index in [9.17, 15) is 9.59 Å². The number of likely N-dealkylation sites (N-methyl/N-ethyl adjacent to an activating group) is 1. The highest BCUT2D eigenvalue weighted by atomic mass is 16.2. The molecule has 19 heavy (non-hydrogen) atoms. The lowest BCUT2D eigenvalue weighted by Crippen LogP contribution is -2.37. The molecule has 0 saturated carbocycles. The molecule has 0 atom stereocenters. The van der Waals surface area contributed by atoms with Crippen molar-refractivity contribution in [1.29, 1.82) is 0 Å². The smallest absolute Gasteiger partial charge is 0.269 e. The monoisotopic (exact) mass is 267 g/mol. The standard InChI is InChI=1S/C12H21N5O2/c1-3-16(4-2)12(19)9-17-11(18)7-10(8-15-17)14-6-5-13/h7-8,14H,3-6,9,13H2,1-2H3. The number of nitrogens with zero attached hydrogens (tertiary/aromatic N) is 3. The maximum Gasteiger partial charge on any atom is 0.269 e. The lowest BCUT2D eigenvalue weighted by Gasteiger charge is -2.18. The predicted molar refractivity (Wildman–Crippen MR) is 74.0 cm³/mol. The summed E-state index contributed by atoms with van der Waals surface area (Å²) >= 11 is 0.